The van der Waals surface area contributed by atoms with Gasteiger partial charge in [0.25, 0.3) is 5.56 Å². The van der Waals surface area contributed by atoms with Crippen molar-refractivity contribution >= 4 is 17.1 Å². The number of ether oxygens (including phenoxy) is 1. The van der Waals surface area contributed by atoms with E-state index in [9.17, 15) is 14.7 Å². The molecule has 9 nitrogen and oxygen atoms in total. The molecule has 0 fully saturated rings. The smallest absolute Gasteiger partial charge is 0.329 e. The highest BCUT2D eigenvalue weighted by Crippen LogP contribution is 2.19. The lowest BCUT2D eigenvalue weighted by molar-refractivity contribution is 0.0934. The van der Waals surface area contributed by atoms with Gasteiger partial charge in [-0.15, -0.1) is 0 Å². The van der Waals surface area contributed by atoms with Gasteiger partial charge < -0.3 is 19.3 Å². The Morgan fingerprint density at radius 2 is 2.00 bits per heavy atom. The number of aliphatic hydroxyl groups excluding tert-OH is 1. The van der Waals surface area contributed by atoms with Gasteiger partial charge in [-0.2, -0.15) is 4.98 Å². The van der Waals surface area contributed by atoms with Gasteiger partial charge in [-0.3, -0.25) is 14.3 Å². The summed E-state index contributed by atoms with van der Waals surface area (Å²) in [5.74, 6) is 1.16. The molecule has 0 radical (unpaired) electrons. The molecule has 0 unspecified atom stereocenters. The highest BCUT2D eigenvalue weighted by molar-refractivity contribution is 5.74. The normalized spacial score (nSPS) is 12.3. The minimum Gasteiger partial charge on any atom is -0.491 e. The van der Waals surface area contributed by atoms with E-state index < -0.39 is 17.4 Å². The number of hydrogen-bond acceptors (Lipinski definition) is 6. The minimum atomic E-state index is -0.877. The van der Waals surface area contributed by atoms with Gasteiger partial charge in [0.1, 0.15) is 18.5 Å². The quantitative estimate of drug-likeness (QED) is 0.641. The number of para-hydroxylation sites is 1. The number of aromatic nitrogens is 4. The molecule has 27 heavy (non-hydrogen) atoms. The van der Waals surface area contributed by atoms with Crippen molar-refractivity contribution in [3.05, 3.63) is 50.7 Å². The van der Waals surface area contributed by atoms with Crippen LogP contribution in [0.3, 0.4) is 0 Å². The Labute approximate surface area is 155 Å². The Morgan fingerprint density at radius 1 is 1.30 bits per heavy atom. The predicted octanol–water partition coefficient (Wildman–Crippen LogP) is 0.238. The molecule has 1 atom stereocenters. The molecule has 0 saturated heterocycles. The van der Waals surface area contributed by atoms with Crippen molar-refractivity contribution in [3.63, 3.8) is 0 Å². The standard InChI is InChI=1S/C18H23N5O4/c1-11-7-5-6-8-13(11)27-10-12(24)9-23-14-15(19-17(23)21(2)3)22(4)18(26)20-16(14)25/h5-8,12,24H,9-10H2,1-4H3,(H,20,25,26)/t12-/m1/s1. The van der Waals surface area contributed by atoms with Crippen molar-refractivity contribution in [3.8, 4) is 5.75 Å². The summed E-state index contributed by atoms with van der Waals surface area (Å²) >= 11 is 0. The van der Waals surface area contributed by atoms with Crippen molar-refractivity contribution in [2.75, 3.05) is 25.6 Å². The van der Waals surface area contributed by atoms with E-state index in [0.717, 1.165) is 5.56 Å². The van der Waals surface area contributed by atoms with E-state index in [1.165, 1.54) is 11.6 Å². The molecule has 2 aromatic heterocycles. The van der Waals surface area contributed by atoms with Gasteiger partial charge in [0.2, 0.25) is 5.95 Å². The Balaban J connectivity index is 1.92. The second-order valence-electron chi connectivity index (χ2n) is 6.64. The largest absolute Gasteiger partial charge is 0.491 e. The zero-order valence-corrected chi connectivity index (χ0v) is 15.8. The highest BCUT2D eigenvalue weighted by Gasteiger charge is 2.21. The number of anilines is 1. The van der Waals surface area contributed by atoms with Gasteiger partial charge in [0.05, 0.1) is 6.54 Å². The summed E-state index contributed by atoms with van der Waals surface area (Å²) in [5, 5.41) is 10.5. The molecule has 3 rings (SSSR count). The molecule has 0 amide bonds. The van der Waals surface area contributed by atoms with Gasteiger partial charge >= 0.3 is 5.69 Å². The van der Waals surface area contributed by atoms with Crippen LogP contribution in [0.1, 0.15) is 5.56 Å². The fourth-order valence-corrected chi connectivity index (χ4v) is 2.91. The fraction of sp³-hybridized carbons (Fsp3) is 0.389. The molecule has 0 aliphatic heterocycles. The highest BCUT2D eigenvalue weighted by atomic mass is 16.5. The SMILES string of the molecule is Cc1ccccc1OC[C@H](O)Cn1c(N(C)C)nc2c1c(=O)[nH]c(=O)n2C. The maximum Gasteiger partial charge on any atom is 0.329 e. The molecule has 0 aliphatic rings. The summed E-state index contributed by atoms with van der Waals surface area (Å²) in [6.07, 6.45) is -0.877. The van der Waals surface area contributed by atoms with Crippen molar-refractivity contribution in [2.45, 2.75) is 19.6 Å². The van der Waals surface area contributed by atoms with Crippen molar-refractivity contribution in [1.82, 2.24) is 19.1 Å². The summed E-state index contributed by atoms with van der Waals surface area (Å²) in [6.45, 7) is 2.08. The molecule has 9 heteroatoms. The van der Waals surface area contributed by atoms with Crippen LogP contribution in [0, 0.1) is 6.92 Å². The molecular weight excluding hydrogens is 350 g/mol. The average molecular weight is 373 g/mol. The average Bonchev–Trinajstić information content (AvgIpc) is 2.99. The number of aliphatic hydroxyl groups is 1. The van der Waals surface area contributed by atoms with E-state index in [1.807, 2.05) is 31.2 Å². The second kappa shape index (κ2) is 7.28. The zero-order valence-electron chi connectivity index (χ0n) is 15.8. The molecule has 3 aromatic rings. The fourth-order valence-electron chi connectivity index (χ4n) is 2.91. The van der Waals surface area contributed by atoms with Crippen LogP contribution >= 0.6 is 0 Å². The number of nitrogens with zero attached hydrogens (tertiary/aromatic N) is 4. The van der Waals surface area contributed by atoms with Crippen molar-refractivity contribution < 1.29 is 9.84 Å². The van der Waals surface area contributed by atoms with Gasteiger partial charge in [-0.05, 0) is 18.6 Å². The lowest BCUT2D eigenvalue weighted by atomic mass is 10.2. The number of fused-ring (bicyclic) bond motifs is 1. The summed E-state index contributed by atoms with van der Waals surface area (Å²) in [5.41, 5.74) is 0.389. The van der Waals surface area contributed by atoms with Crippen LogP contribution in [0.5, 0.6) is 5.75 Å². The van der Waals surface area contributed by atoms with Crippen molar-refractivity contribution in [1.29, 1.82) is 0 Å². The first-order valence-electron chi connectivity index (χ1n) is 8.53. The van der Waals surface area contributed by atoms with Crippen LogP contribution in [0.25, 0.3) is 11.2 Å². The predicted molar refractivity (Wildman–Crippen MR) is 103 cm³/mol. The number of benzene rings is 1. The van der Waals surface area contributed by atoms with Gasteiger partial charge in [0.15, 0.2) is 11.2 Å². The Hall–Kier alpha value is -3.07. The maximum atomic E-state index is 12.4. The van der Waals surface area contributed by atoms with Crippen molar-refractivity contribution in [2.24, 2.45) is 7.05 Å². The number of hydrogen-bond donors (Lipinski definition) is 2. The third kappa shape index (κ3) is 3.59. The first-order valence-corrected chi connectivity index (χ1v) is 8.53. The number of imidazole rings is 1. The number of nitrogens with one attached hydrogen (secondary N) is 1. The molecule has 1 aromatic carbocycles. The van der Waals surface area contributed by atoms with Crippen LogP contribution in [0.15, 0.2) is 33.9 Å². The van der Waals surface area contributed by atoms with Crippen LogP contribution in [0.4, 0.5) is 5.95 Å². The third-order valence-electron chi connectivity index (χ3n) is 4.31. The molecule has 0 spiro atoms. The van der Waals surface area contributed by atoms with E-state index in [1.54, 1.807) is 23.6 Å². The van der Waals surface area contributed by atoms with Crippen LogP contribution in [0.2, 0.25) is 0 Å². The minimum absolute atomic E-state index is 0.0566. The summed E-state index contributed by atoms with van der Waals surface area (Å²) in [4.78, 5) is 32.6. The number of aryl methyl sites for hydroxylation is 2. The second-order valence-corrected chi connectivity index (χ2v) is 6.64. The zero-order chi connectivity index (χ0) is 19.7. The van der Waals surface area contributed by atoms with Crippen LogP contribution in [-0.4, -0.2) is 51.0 Å². The van der Waals surface area contributed by atoms with Gasteiger partial charge in [-0.1, -0.05) is 18.2 Å². The summed E-state index contributed by atoms with van der Waals surface area (Å²) < 4.78 is 8.57. The molecule has 2 N–H and O–H groups in total. The van der Waals surface area contributed by atoms with E-state index in [0.29, 0.717) is 11.7 Å². The monoisotopic (exact) mass is 373 g/mol. The van der Waals surface area contributed by atoms with Crippen LogP contribution < -0.4 is 20.9 Å². The lowest BCUT2D eigenvalue weighted by Gasteiger charge is -2.18. The number of H-pyrrole nitrogens is 1. The maximum absolute atomic E-state index is 12.4. The Kier molecular flexibility index (Phi) is 5.04. The topological polar surface area (TPSA) is 105 Å². The molecule has 0 saturated carbocycles. The first kappa shape index (κ1) is 18.7. The van der Waals surface area contributed by atoms with E-state index >= 15 is 0 Å². The van der Waals surface area contributed by atoms with E-state index in [-0.39, 0.29) is 24.3 Å². The Bertz CT molecular complexity index is 1080. The van der Waals surface area contributed by atoms with Crippen LogP contribution in [-0.2, 0) is 13.6 Å². The molecule has 0 aliphatic carbocycles. The van der Waals surface area contributed by atoms with E-state index in [2.05, 4.69) is 9.97 Å². The molecule has 2 heterocycles. The first-order chi connectivity index (χ1) is 12.8. The third-order valence-corrected chi connectivity index (χ3v) is 4.31. The van der Waals surface area contributed by atoms with Gasteiger partial charge in [0, 0.05) is 21.1 Å². The molecule has 0 bridgehead atoms. The Morgan fingerprint density at radius 3 is 2.67 bits per heavy atom. The molecular formula is C18H23N5O4. The van der Waals surface area contributed by atoms with E-state index in [4.69, 9.17) is 4.74 Å². The lowest BCUT2D eigenvalue weighted by Crippen LogP contribution is -2.31. The summed E-state index contributed by atoms with van der Waals surface area (Å²) in [7, 11) is 5.09. The summed E-state index contributed by atoms with van der Waals surface area (Å²) in [6, 6.07) is 7.54. The number of aromatic amines is 1. The molecule has 144 valence electrons. The van der Waals surface area contributed by atoms with Gasteiger partial charge in [-0.25, -0.2) is 4.79 Å². The number of rotatable bonds is 6.